The minimum atomic E-state index is 0.740. The molecule has 0 spiro atoms. The summed E-state index contributed by atoms with van der Waals surface area (Å²) < 4.78 is 5.53. The van der Waals surface area contributed by atoms with E-state index in [-0.39, 0.29) is 0 Å². The molecule has 2 N–H and O–H groups in total. The van der Waals surface area contributed by atoms with E-state index in [4.69, 9.17) is 10.5 Å². The molecule has 2 aliphatic rings. The van der Waals surface area contributed by atoms with Crippen LogP contribution in [-0.2, 0) is 4.74 Å². The summed E-state index contributed by atoms with van der Waals surface area (Å²) in [5.74, 6) is 1.68. The van der Waals surface area contributed by atoms with Crippen molar-refractivity contribution in [2.24, 2.45) is 17.6 Å². The molecule has 0 amide bonds. The first-order valence-corrected chi connectivity index (χ1v) is 7.89. The third-order valence-electron chi connectivity index (χ3n) is 4.91. The van der Waals surface area contributed by atoms with Crippen LogP contribution < -0.4 is 5.73 Å². The highest BCUT2D eigenvalue weighted by atomic mass is 16.5. The van der Waals surface area contributed by atoms with Crippen molar-refractivity contribution in [2.75, 3.05) is 53.5 Å². The number of likely N-dealkylation sites (tertiary alicyclic amines) is 1. The van der Waals surface area contributed by atoms with Crippen LogP contribution in [0.25, 0.3) is 0 Å². The molecule has 0 aromatic rings. The topological polar surface area (TPSA) is 41.7 Å². The fraction of sp³-hybridized carbons (Fsp3) is 1.00. The van der Waals surface area contributed by atoms with Crippen molar-refractivity contribution in [1.82, 2.24) is 9.80 Å². The van der Waals surface area contributed by atoms with E-state index in [0.717, 1.165) is 44.2 Å². The molecule has 2 fully saturated rings. The summed E-state index contributed by atoms with van der Waals surface area (Å²) in [6.07, 6.45) is 5.15. The van der Waals surface area contributed by atoms with Crippen molar-refractivity contribution in [1.29, 1.82) is 0 Å². The second-order valence-electron chi connectivity index (χ2n) is 6.37. The predicted molar refractivity (Wildman–Crippen MR) is 79.2 cm³/mol. The summed E-state index contributed by atoms with van der Waals surface area (Å²) in [6.45, 7) is 6.24. The van der Waals surface area contributed by atoms with Gasteiger partial charge < -0.3 is 20.3 Å². The highest BCUT2D eigenvalue weighted by molar-refractivity contribution is 4.87. The molecular formula is C15H31N3O. The number of hydrogen-bond donors (Lipinski definition) is 1. The van der Waals surface area contributed by atoms with E-state index < -0.39 is 0 Å². The molecule has 4 heteroatoms. The Morgan fingerprint density at radius 3 is 2.21 bits per heavy atom. The summed E-state index contributed by atoms with van der Waals surface area (Å²) in [6, 6.07) is 0.740. The lowest BCUT2D eigenvalue weighted by atomic mass is 9.78. The molecular weight excluding hydrogens is 238 g/mol. The molecule has 0 aromatic carbocycles. The summed E-state index contributed by atoms with van der Waals surface area (Å²) >= 11 is 0. The Morgan fingerprint density at radius 2 is 1.68 bits per heavy atom. The van der Waals surface area contributed by atoms with Gasteiger partial charge in [0.2, 0.25) is 0 Å². The van der Waals surface area contributed by atoms with Crippen molar-refractivity contribution in [2.45, 2.75) is 31.7 Å². The molecule has 0 bridgehead atoms. The molecule has 112 valence electrons. The van der Waals surface area contributed by atoms with Gasteiger partial charge in [0.15, 0.2) is 0 Å². The van der Waals surface area contributed by atoms with Gasteiger partial charge in [-0.3, -0.25) is 0 Å². The maximum absolute atomic E-state index is 5.66. The van der Waals surface area contributed by atoms with E-state index in [9.17, 15) is 0 Å². The molecule has 0 aliphatic carbocycles. The van der Waals surface area contributed by atoms with Crippen LogP contribution in [0.15, 0.2) is 0 Å². The predicted octanol–water partition coefficient (Wildman–Crippen LogP) is 1.01. The van der Waals surface area contributed by atoms with Gasteiger partial charge in [0, 0.05) is 32.3 Å². The Hall–Kier alpha value is -0.160. The van der Waals surface area contributed by atoms with Gasteiger partial charge in [-0.15, -0.1) is 0 Å². The number of ether oxygens (including phenoxy) is 1. The van der Waals surface area contributed by atoms with Crippen molar-refractivity contribution >= 4 is 0 Å². The van der Waals surface area contributed by atoms with E-state index in [1.165, 1.54) is 38.8 Å². The van der Waals surface area contributed by atoms with Gasteiger partial charge >= 0.3 is 0 Å². The smallest absolute Gasteiger partial charge is 0.0469 e. The molecule has 0 saturated carbocycles. The van der Waals surface area contributed by atoms with Crippen molar-refractivity contribution in [3.8, 4) is 0 Å². The molecule has 0 aromatic heterocycles. The molecule has 0 radical (unpaired) electrons. The third kappa shape index (κ3) is 4.15. The Kier molecular flexibility index (Phi) is 6.07. The van der Waals surface area contributed by atoms with Crippen molar-refractivity contribution in [3.63, 3.8) is 0 Å². The number of rotatable bonds is 5. The van der Waals surface area contributed by atoms with Crippen LogP contribution >= 0.6 is 0 Å². The average Bonchev–Trinajstić information content (AvgIpc) is 2.42. The van der Waals surface area contributed by atoms with Gasteiger partial charge in [-0.1, -0.05) is 0 Å². The summed E-state index contributed by atoms with van der Waals surface area (Å²) in [5.41, 5.74) is 5.66. The van der Waals surface area contributed by atoms with Gasteiger partial charge in [0.1, 0.15) is 0 Å². The number of nitrogens with zero attached hydrogens (tertiary/aromatic N) is 2. The van der Waals surface area contributed by atoms with E-state index in [1.54, 1.807) is 0 Å². The van der Waals surface area contributed by atoms with Crippen LogP contribution in [0.2, 0.25) is 0 Å². The minimum Gasteiger partial charge on any atom is -0.381 e. The van der Waals surface area contributed by atoms with Crippen LogP contribution in [0.4, 0.5) is 0 Å². The SMILES string of the molecule is CN(C)C(C1CCOCC1)C1CCN(CCN)CC1. The summed E-state index contributed by atoms with van der Waals surface area (Å²) in [7, 11) is 4.51. The lowest BCUT2D eigenvalue weighted by molar-refractivity contribution is 0.00840. The third-order valence-corrected chi connectivity index (χ3v) is 4.91. The second-order valence-corrected chi connectivity index (χ2v) is 6.37. The molecule has 4 nitrogen and oxygen atoms in total. The fourth-order valence-electron chi connectivity index (χ4n) is 3.99. The summed E-state index contributed by atoms with van der Waals surface area (Å²) in [5, 5.41) is 0. The number of piperidine rings is 1. The van der Waals surface area contributed by atoms with Crippen LogP contribution in [0.3, 0.4) is 0 Å². The fourth-order valence-corrected chi connectivity index (χ4v) is 3.99. The first-order valence-electron chi connectivity index (χ1n) is 7.89. The highest BCUT2D eigenvalue weighted by Gasteiger charge is 2.34. The van der Waals surface area contributed by atoms with Crippen molar-refractivity contribution < 1.29 is 4.74 Å². The quantitative estimate of drug-likeness (QED) is 0.809. The number of nitrogens with two attached hydrogens (primary N) is 1. The molecule has 1 unspecified atom stereocenters. The maximum Gasteiger partial charge on any atom is 0.0469 e. The molecule has 19 heavy (non-hydrogen) atoms. The van der Waals surface area contributed by atoms with Crippen LogP contribution in [-0.4, -0.2) is 69.3 Å². The van der Waals surface area contributed by atoms with Crippen LogP contribution in [0.5, 0.6) is 0 Å². The van der Waals surface area contributed by atoms with E-state index in [0.29, 0.717) is 0 Å². The Bertz CT molecular complexity index is 246. The molecule has 2 saturated heterocycles. The molecule has 1 atom stereocenters. The lowest BCUT2D eigenvalue weighted by Crippen LogP contribution is -2.48. The van der Waals surface area contributed by atoms with Crippen molar-refractivity contribution in [3.05, 3.63) is 0 Å². The molecule has 2 heterocycles. The van der Waals surface area contributed by atoms with Gasteiger partial charge in [0.25, 0.3) is 0 Å². The lowest BCUT2D eigenvalue weighted by Gasteiger charge is -2.43. The second kappa shape index (κ2) is 7.58. The Morgan fingerprint density at radius 1 is 1.11 bits per heavy atom. The molecule has 2 rings (SSSR count). The minimum absolute atomic E-state index is 0.740. The first-order chi connectivity index (χ1) is 9.22. The molecule has 2 aliphatic heterocycles. The zero-order chi connectivity index (χ0) is 13.7. The van der Waals surface area contributed by atoms with Gasteiger partial charge in [-0.05, 0) is 64.7 Å². The monoisotopic (exact) mass is 269 g/mol. The van der Waals surface area contributed by atoms with E-state index >= 15 is 0 Å². The average molecular weight is 269 g/mol. The number of hydrogen-bond acceptors (Lipinski definition) is 4. The Balaban J connectivity index is 1.89. The van der Waals surface area contributed by atoms with E-state index in [1.807, 2.05) is 0 Å². The maximum atomic E-state index is 5.66. The van der Waals surface area contributed by atoms with Gasteiger partial charge in [0.05, 0.1) is 0 Å². The van der Waals surface area contributed by atoms with Crippen LogP contribution in [0, 0.1) is 11.8 Å². The van der Waals surface area contributed by atoms with E-state index in [2.05, 4.69) is 23.9 Å². The zero-order valence-corrected chi connectivity index (χ0v) is 12.7. The zero-order valence-electron chi connectivity index (χ0n) is 12.7. The Labute approximate surface area is 118 Å². The largest absolute Gasteiger partial charge is 0.381 e. The summed E-state index contributed by atoms with van der Waals surface area (Å²) in [4.78, 5) is 4.99. The first kappa shape index (κ1) is 15.2. The van der Waals surface area contributed by atoms with Gasteiger partial charge in [-0.25, -0.2) is 0 Å². The normalized spacial score (nSPS) is 25.9. The van der Waals surface area contributed by atoms with Gasteiger partial charge in [-0.2, -0.15) is 0 Å². The van der Waals surface area contributed by atoms with Crippen LogP contribution in [0.1, 0.15) is 25.7 Å². The highest BCUT2D eigenvalue weighted by Crippen LogP contribution is 2.32. The standard InChI is InChI=1S/C15H31N3O/c1-17(2)15(14-5-11-19-12-6-14)13-3-8-18(9-4-13)10-7-16/h13-15H,3-12,16H2,1-2H3.